The summed E-state index contributed by atoms with van der Waals surface area (Å²) >= 11 is 10.5. The molecule has 0 unspecified atom stereocenters. The van der Waals surface area contributed by atoms with E-state index >= 15 is 0 Å². The standard InChI is InChI=1S/C15H22N4S2/c1-11-7-5-6-10-13(11)17-15(21)19-18-14(20)16-12-8-3-2-4-9-12/h5-7,10,12H,2-4,8-9H2,1H3,(H2,16,18,20)(H2,17,19,21). The zero-order chi connectivity index (χ0) is 15.1. The highest BCUT2D eigenvalue weighted by Gasteiger charge is 2.13. The highest BCUT2D eigenvalue weighted by atomic mass is 32.1. The summed E-state index contributed by atoms with van der Waals surface area (Å²) in [6.07, 6.45) is 6.27. The van der Waals surface area contributed by atoms with Crippen LogP contribution in [0.25, 0.3) is 0 Å². The van der Waals surface area contributed by atoms with E-state index in [1.54, 1.807) is 0 Å². The molecule has 0 aromatic heterocycles. The molecule has 4 N–H and O–H groups in total. The van der Waals surface area contributed by atoms with Gasteiger partial charge in [0.05, 0.1) is 0 Å². The molecule has 21 heavy (non-hydrogen) atoms. The van der Waals surface area contributed by atoms with Crippen LogP contribution >= 0.6 is 24.4 Å². The summed E-state index contributed by atoms with van der Waals surface area (Å²) in [5.74, 6) is 0. The second-order valence-corrected chi connectivity index (χ2v) is 6.14. The van der Waals surface area contributed by atoms with Gasteiger partial charge in [-0.25, -0.2) is 0 Å². The van der Waals surface area contributed by atoms with Crippen molar-refractivity contribution in [2.75, 3.05) is 5.32 Å². The predicted octanol–water partition coefficient (Wildman–Crippen LogP) is 2.99. The summed E-state index contributed by atoms with van der Waals surface area (Å²) in [7, 11) is 0. The summed E-state index contributed by atoms with van der Waals surface area (Å²) in [6, 6.07) is 8.48. The van der Waals surface area contributed by atoms with Gasteiger partial charge in [0.1, 0.15) is 0 Å². The van der Waals surface area contributed by atoms with E-state index in [9.17, 15) is 0 Å². The zero-order valence-corrected chi connectivity index (χ0v) is 13.9. The molecule has 6 heteroatoms. The molecule has 1 aliphatic carbocycles. The maximum absolute atomic E-state index is 5.27. The van der Waals surface area contributed by atoms with Crippen LogP contribution < -0.4 is 21.5 Å². The van der Waals surface area contributed by atoms with E-state index in [0.29, 0.717) is 16.3 Å². The van der Waals surface area contributed by atoms with Crippen molar-refractivity contribution in [2.45, 2.75) is 45.1 Å². The number of nitrogens with one attached hydrogen (secondary N) is 4. The number of hydrogen-bond acceptors (Lipinski definition) is 2. The third-order valence-corrected chi connectivity index (χ3v) is 4.05. The van der Waals surface area contributed by atoms with Crippen LogP contribution in [0.2, 0.25) is 0 Å². The van der Waals surface area contributed by atoms with Gasteiger partial charge in [-0.15, -0.1) is 0 Å². The lowest BCUT2D eigenvalue weighted by Crippen LogP contribution is -2.51. The summed E-state index contributed by atoms with van der Waals surface area (Å²) in [5, 5.41) is 7.55. The maximum atomic E-state index is 5.27. The molecule has 1 aliphatic rings. The Labute approximate surface area is 137 Å². The van der Waals surface area contributed by atoms with Gasteiger partial charge in [0.2, 0.25) is 0 Å². The molecule has 0 radical (unpaired) electrons. The number of benzene rings is 1. The van der Waals surface area contributed by atoms with Gasteiger partial charge in [0.25, 0.3) is 0 Å². The molecule has 4 nitrogen and oxygen atoms in total. The lowest BCUT2D eigenvalue weighted by atomic mass is 9.96. The molecule has 0 amide bonds. The monoisotopic (exact) mass is 322 g/mol. The van der Waals surface area contributed by atoms with E-state index < -0.39 is 0 Å². The van der Waals surface area contributed by atoms with Crippen molar-refractivity contribution in [1.82, 2.24) is 16.2 Å². The molecule has 114 valence electrons. The molecule has 1 fully saturated rings. The molecular formula is C15H22N4S2. The van der Waals surface area contributed by atoms with Crippen molar-refractivity contribution in [3.63, 3.8) is 0 Å². The molecule has 0 saturated heterocycles. The van der Waals surface area contributed by atoms with E-state index in [4.69, 9.17) is 24.4 Å². The minimum absolute atomic E-state index is 0.485. The minimum Gasteiger partial charge on any atom is -0.359 e. The number of hydrazine groups is 1. The molecule has 1 aromatic rings. The number of aryl methyl sites for hydroxylation is 1. The fraction of sp³-hybridized carbons (Fsp3) is 0.467. The first-order valence-electron chi connectivity index (χ1n) is 7.34. The summed E-state index contributed by atoms with van der Waals surface area (Å²) < 4.78 is 0. The van der Waals surface area contributed by atoms with Crippen molar-refractivity contribution < 1.29 is 0 Å². The van der Waals surface area contributed by atoms with E-state index in [2.05, 4.69) is 21.5 Å². The second kappa shape index (κ2) is 8.14. The van der Waals surface area contributed by atoms with Crippen molar-refractivity contribution in [2.24, 2.45) is 0 Å². The molecule has 0 bridgehead atoms. The quantitative estimate of drug-likeness (QED) is 0.496. The second-order valence-electron chi connectivity index (χ2n) is 5.33. The Bertz CT molecular complexity index is 498. The van der Waals surface area contributed by atoms with Gasteiger partial charge >= 0.3 is 0 Å². The summed E-state index contributed by atoms with van der Waals surface area (Å²) in [5.41, 5.74) is 7.98. The number of thiocarbonyl (C=S) groups is 2. The average molecular weight is 323 g/mol. The predicted molar refractivity (Wildman–Crippen MR) is 96.3 cm³/mol. The summed E-state index contributed by atoms with van der Waals surface area (Å²) in [6.45, 7) is 2.04. The first-order chi connectivity index (χ1) is 10.1. The van der Waals surface area contributed by atoms with Gasteiger partial charge in [-0.05, 0) is 55.8 Å². The van der Waals surface area contributed by atoms with Crippen LogP contribution in [0.15, 0.2) is 24.3 Å². The lowest BCUT2D eigenvalue weighted by molar-refractivity contribution is 0.411. The van der Waals surface area contributed by atoms with Crippen LogP contribution in [-0.4, -0.2) is 16.3 Å². The van der Waals surface area contributed by atoms with E-state index in [1.165, 1.54) is 32.1 Å². The molecule has 0 aliphatic heterocycles. The molecule has 0 spiro atoms. The largest absolute Gasteiger partial charge is 0.359 e. The molecule has 0 heterocycles. The number of anilines is 1. The van der Waals surface area contributed by atoms with Gasteiger partial charge in [0.15, 0.2) is 10.2 Å². The highest BCUT2D eigenvalue weighted by Crippen LogP contribution is 2.17. The van der Waals surface area contributed by atoms with Crippen molar-refractivity contribution in [1.29, 1.82) is 0 Å². The van der Waals surface area contributed by atoms with Gasteiger partial charge < -0.3 is 10.6 Å². The first-order valence-corrected chi connectivity index (χ1v) is 8.16. The van der Waals surface area contributed by atoms with Gasteiger partial charge in [0, 0.05) is 11.7 Å². The normalized spacial score (nSPS) is 15.1. The molecule has 1 aromatic carbocycles. The smallest absolute Gasteiger partial charge is 0.189 e. The Morgan fingerprint density at radius 2 is 1.67 bits per heavy atom. The van der Waals surface area contributed by atoms with Crippen molar-refractivity contribution in [3.05, 3.63) is 29.8 Å². The first kappa shape index (κ1) is 16.0. The maximum Gasteiger partial charge on any atom is 0.189 e. The van der Waals surface area contributed by atoms with Crippen LogP contribution in [0, 0.1) is 6.92 Å². The van der Waals surface area contributed by atoms with E-state index in [0.717, 1.165) is 11.3 Å². The Morgan fingerprint density at radius 1 is 1.00 bits per heavy atom. The Kier molecular flexibility index (Phi) is 6.20. The van der Waals surface area contributed by atoms with Gasteiger partial charge in [-0.1, -0.05) is 37.5 Å². The number of hydrogen-bond donors (Lipinski definition) is 4. The highest BCUT2D eigenvalue weighted by molar-refractivity contribution is 7.80. The van der Waals surface area contributed by atoms with Crippen LogP contribution in [0.3, 0.4) is 0 Å². The van der Waals surface area contributed by atoms with Gasteiger partial charge in [-0.2, -0.15) is 0 Å². The van der Waals surface area contributed by atoms with Crippen molar-refractivity contribution in [3.8, 4) is 0 Å². The number of para-hydroxylation sites is 1. The minimum atomic E-state index is 0.485. The van der Waals surface area contributed by atoms with Crippen molar-refractivity contribution >= 4 is 40.3 Å². The fourth-order valence-corrected chi connectivity index (χ4v) is 2.83. The Balaban J connectivity index is 1.71. The Hall–Kier alpha value is -1.40. The molecule has 2 rings (SSSR count). The Morgan fingerprint density at radius 3 is 2.38 bits per heavy atom. The summed E-state index contributed by atoms with van der Waals surface area (Å²) in [4.78, 5) is 0. The van der Waals surface area contributed by atoms with E-state index in [-0.39, 0.29) is 0 Å². The van der Waals surface area contributed by atoms with Crippen LogP contribution in [-0.2, 0) is 0 Å². The third kappa shape index (κ3) is 5.47. The SMILES string of the molecule is Cc1ccccc1NC(=S)NNC(=S)NC1CCCCC1. The third-order valence-electron chi connectivity index (χ3n) is 3.62. The van der Waals surface area contributed by atoms with E-state index in [1.807, 2.05) is 31.2 Å². The van der Waals surface area contributed by atoms with Crippen LogP contribution in [0.4, 0.5) is 5.69 Å². The zero-order valence-electron chi connectivity index (χ0n) is 12.2. The lowest BCUT2D eigenvalue weighted by Gasteiger charge is -2.24. The topological polar surface area (TPSA) is 48.1 Å². The molecule has 1 saturated carbocycles. The molecular weight excluding hydrogens is 300 g/mol. The van der Waals surface area contributed by atoms with Crippen LogP contribution in [0.5, 0.6) is 0 Å². The van der Waals surface area contributed by atoms with Gasteiger partial charge in [-0.3, -0.25) is 10.9 Å². The van der Waals surface area contributed by atoms with Crippen LogP contribution in [0.1, 0.15) is 37.7 Å². The average Bonchev–Trinajstić information content (AvgIpc) is 2.49. The fourth-order valence-electron chi connectivity index (χ4n) is 2.45. The molecule has 0 atom stereocenters. The number of rotatable bonds is 2.